The third kappa shape index (κ3) is 3.02. The van der Waals surface area contributed by atoms with Gasteiger partial charge in [0.25, 0.3) is 0 Å². The van der Waals surface area contributed by atoms with E-state index in [-0.39, 0.29) is 0 Å². The lowest BCUT2D eigenvalue weighted by molar-refractivity contribution is 0.831. The monoisotopic (exact) mass is 258 g/mol. The molecule has 0 aliphatic rings. The average molecular weight is 258 g/mol. The smallest absolute Gasteiger partial charge is 0.302 e. The molecule has 4 nitrogen and oxygen atoms in total. The summed E-state index contributed by atoms with van der Waals surface area (Å²) in [5.41, 5.74) is 4.75. The molecule has 0 aliphatic heterocycles. The SMILES string of the molecule is Cc1cc(C)c(CCc2cc(=O)c(=O)[nH][nH]2)c(C)c1. The maximum Gasteiger partial charge on any atom is 0.310 e. The number of nitrogens with one attached hydrogen (secondary N) is 2. The van der Waals surface area contributed by atoms with Crippen LogP contribution in [0.4, 0.5) is 0 Å². The van der Waals surface area contributed by atoms with E-state index in [4.69, 9.17) is 0 Å². The number of aromatic nitrogens is 2. The van der Waals surface area contributed by atoms with Crippen molar-refractivity contribution in [3.63, 3.8) is 0 Å². The van der Waals surface area contributed by atoms with Gasteiger partial charge in [-0.25, -0.2) is 0 Å². The Labute approximate surface area is 111 Å². The molecule has 1 aromatic carbocycles. The predicted molar refractivity (Wildman–Crippen MR) is 75.7 cm³/mol. The first kappa shape index (κ1) is 13.3. The summed E-state index contributed by atoms with van der Waals surface area (Å²) in [4.78, 5) is 22.3. The lowest BCUT2D eigenvalue weighted by atomic mass is 9.95. The molecule has 0 spiro atoms. The Morgan fingerprint density at radius 2 is 1.53 bits per heavy atom. The summed E-state index contributed by atoms with van der Waals surface area (Å²) in [6.45, 7) is 6.29. The van der Waals surface area contributed by atoms with Gasteiger partial charge in [-0.1, -0.05) is 17.7 Å². The third-order valence-corrected chi connectivity index (χ3v) is 3.35. The molecule has 0 bridgehead atoms. The average Bonchev–Trinajstić information content (AvgIpc) is 2.32. The molecule has 0 radical (unpaired) electrons. The van der Waals surface area contributed by atoms with Gasteiger partial charge in [0.05, 0.1) is 0 Å². The third-order valence-electron chi connectivity index (χ3n) is 3.35. The van der Waals surface area contributed by atoms with Crippen molar-refractivity contribution in [1.82, 2.24) is 10.2 Å². The molecule has 0 saturated carbocycles. The van der Waals surface area contributed by atoms with Gasteiger partial charge in [-0.05, 0) is 50.3 Å². The number of aryl methyl sites for hydroxylation is 4. The van der Waals surface area contributed by atoms with Crippen LogP contribution in [0.1, 0.15) is 27.9 Å². The first-order chi connectivity index (χ1) is 8.97. The second-order valence-electron chi connectivity index (χ2n) is 4.99. The van der Waals surface area contributed by atoms with Gasteiger partial charge in [0.15, 0.2) is 0 Å². The summed E-state index contributed by atoms with van der Waals surface area (Å²) in [6.07, 6.45) is 1.55. The molecular weight excluding hydrogens is 240 g/mol. The Bertz CT molecular complexity index is 688. The van der Waals surface area contributed by atoms with Crippen LogP contribution in [0.15, 0.2) is 27.8 Å². The van der Waals surface area contributed by atoms with E-state index < -0.39 is 11.0 Å². The predicted octanol–water partition coefficient (Wildman–Crippen LogP) is 1.77. The van der Waals surface area contributed by atoms with Crippen LogP contribution in [-0.2, 0) is 12.8 Å². The number of H-pyrrole nitrogens is 2. The maximum absolute atomic E-state index is 11.3. The van der Waals surface area contributed by atoms with E-state index in [1.807, 2.05) is 0 Å². The first-order valence-corrected chi connectivity index (χ1v) is 6.35. The fraction of sp³-hybridized carbons (Fsp3) is 0.333. The van der Waals surface area contributed by atoms with Gasteiger partial charge in [-0.2, -0.15) is 0 Å². The van der Waals surface area contributed by atoms with E-state index in [2.05, 4.69) is 43.1 Å². The van der Waals surface area contributed by atoms with Crippen LogP contribution in [0, 0.1) is 20.8 Å². The molecule has 1 heterocycles. The van der Waals surface area contributed by atoms with E-state index in [9.17, 15) is 9.59 Å². The standard InChI is InChI=1S/C15H18N2O2/c1-9-6-10(2)13(11(3)7-9)5-4-12-8-14(18)15(19)17-16-12/h6-8H,4-5H2,1-3H3,(H,16,18)(H,17,19). The Balaban J connectivity index is 2.21. The van der Waals surface area contributed by atoms with Crippen molar-refractivity contribution in [1.29, 1.82) is 0 Å². The highest BCUT2D eigenvalue weighted by atomic mass is 16.2. The van der Waals surface area contributed by atoms with Crippen molar-refractivity contribution >= 4 is 0 Å². The summed E-state index contributed by atoms with van der Waals surface area (Å²) in [7, 11) is 0. The molecule has 0 unspecified atom stereocenters. The number of aromatic amines is 2. The number of hydrogen-bond donors (Lipinski definition) is 2. The summed E-state index contributed by atoms with van der Waals surface area (Å²) >= 11 is 0. The summed E-state index contributed by atoms with van der Waals surface area (Å²) in [5.74, 6) is 0. The van der Waals surface area contributed by atoms with Crippen molar-refractivity contribution in [2.24, 2.45) is 0 Å². The van der Waals surface area contributed by atoms with Crippen LogP contribution in [-0.4, -0.2) is 10.2 Å². The molecule has 0 aliphatic carbocycles. The molecule has 1 aromatic heterocycles. The van der Waals surface area contributed by atoms with Crippen LogP contribution in [0.5, 0.6) is 0 Å². The largest absolute Gasteiger partial charge is 0.310 e. The molecule has 0 amide bonds. The molecule has 2 N–H and O–H groups in total. The van der Waals surface area contributed by atoms with Gasteiger partial charge < -0.3 is 5.10 Å². The zero-order chi connectivity index (χ0) is 14.0. The quantitative estimate of drug-likeness (QED) is 0.824. The molecule has 0 fully saturated rings. The summed E-state index contributed by atoms with van der Waals surface area (Å²) in [5, 5.41) is 5.11. The molecule has 19 heavy (non-hydrogen) atoms. The minimum Gasteiger partial charge on any atom is -0.302 e. The molecule has 4 heteroatoms. The summed E-state index contributed by atoms with van der Waals surface area (Å²) in [6, 6.07) is 5.70. The van der Waals surface area contributed by atoms with E-state index in [0.29, 0.717) is 6.42 Å². The van der Waals surface area contributed by atoms with Crippen molar-refractivity contribution in [3.05, 3.63) is 66.7 Å². The Hall–Kier alpha value is -2.10. The van der Waals surface area contributed by atoms with Crippen LogP contribution in [0.25, 0.3) is 0 Å². The number of benzene rings is 1. The minimum absolute atomic E-state index is 0.494. The van der Waals surface area contributed by atoms with E-state index in [0.717, 1.165) is 12.1 Å². The Morgan fingerprint density at radius 1 is 0.895 bits per heavy atom. The van der Waals surface area contributed by atoms with Gasteiger partial charge in [0.1, 0.15) is 0 Å². The van der Waals surface area contributed by atoms with E-state index in [1.165, 1.54) is 28.3 Å². The van der Waals surface area contributed by atoms with Crippen molar-refractivity contribution in [2.45, 2.75) is 33.6 Å². The topological polar surface area (TPSA) is 65.7 Å². The second kappa shape index (κ2) is 5.26. The molecule has 2 aromatic rings. The highest BCUT2D eigenvalue weighted by Gasteiger charge is 2.05. The van der Waals surface area contributed by atoms with Crippen LogP contribution >= 0.6 is 0 Å². The number of rotatable bonds is 3. The van der Waals surface area contributed by atoms with Gasteiger partial charge in [-0.15, -0.1) is 0 Å². The molecule has 2 rings (SSSR count). The lowest BCUT2D eigenvalue weighted by Gasteiger charge is -2.11. The van der Waals surface area contributed by atoms with Crippen molar-refractivity contribution < 1.29 is 0 Å². The van der Waals surface area contributed by atoms with Gasteiger partial charge >= 0.3 is 5.56 Å². The van der Waals surface area contributed by atoms with E-state index in [1.54, 1.807) is 0 Å². The van der Waals surface area contributed by atoms with Gasteiger partial charge in [0, 0.05) is 11.8 Å². The van der Waals surface area contributed by atoms with E-state index >= 15 is 0 Å². The number of hydrogen-bond acceptors (Lipinski definition) is 2. The Morgan fingerprint density at radius 3 is 2.11 bits per heavy atom. The molecular formula is C15H18N2O2. The van der Waals surface area contributed by atoms with Crippen LogP contribution in [0.2, 0.25) is 0 Å². The van der Waals surface area contributed by atoms with Gasteiger partial charge in [-0.3, -0.25) is 14.7 Å². The second-order valence-corrected chi connectivity index (χ2v) is 4.99. The summed E-state index contributed by atoms with van der Waals surface area (Å²) < 4.78 is 0. The molecule has 100 valence electrons. The molecule has 0 atom stereocenters. The maximum atomic E-state index is 11.3. The first-order valence-electron chi connectivity index (χ1n) is 6.35. The van der Waals surface area contributed by atoms with Crippen LogP contribution < -0.4 is 11.0 Å². The minimum atomic E-state index is -0.605. The lowest BCUT2D eigenvalue weighted by Crippen LogP contribution is -2.27. The highest BCUT2D eigenvalue weighted by Crippen LogP contribution is 2.17. The fourth-order valence-electron chi connectivity index (χ4n) is 2.46. The Kier molecular flexibility index (Phi) is 3.69. The highest BCUT2D eigenvalue weighted by molar-refractivity contribution is 5.37. The van der Waals surface area contributed by atoms with Crippen molar-refractivity contribution in [2.75, 3.05) is 0 Å². The molecule has 0 saturated heterocycles. The van der Waals surface area contributed by atoms with Crippen LogP contribution in [0.3, 0.4) is 0 Å². The fourth-order valence-corrected chi connectivity index (χ4v) is 2.46. The van der Waals surface area contributed by atoms with Crippen molar-refractivity contribution in [3.8, 4) is 0 Å². The van der Waals surface area contributed by atoms with Gasteiger partial charge in [0.2, 0.25) is 5.43 Å². The zero-order valence-electron chi connectivity index (χ0n) is 11.5. The normalized spacial score (nSPS) is 10.7. The zero-order valence-corrected chi connectivity index (χ0v) is 11.5.